The number of ether oxygens (including phenoxy) is 1. The van der Waals surface area contributed by atoms with Crippen LogP contribution in [0.2, 0.25) is 0 Å². The molecule has 0 N–H and O–H groups in total. The Bertz CT molecular complexity index is 91.6. The molecule has 0 aromatic carbocycles. The summed E-state index contributed by atoms with van der Waals surface area (Å²) in [6.45, 7) is 4.04. The lowest BCUT2D eigenvalue weighted by molar-refractivity contribution is -0.126. The summed E-state index contributed by atoms with van der Waals surface area (Å²) < 4.78 is 5.15. The van der Waals surface area contributed by atoms with Crippen LogP contribution in [0.3, 0.4) is 0 Å². The highest BCUT2D eigenvalue weighted by Crippen LogP contribution is 2.25. The molecule has 0 spiro atoms. The Kier molecular flexibility index (Phi) is 1.78. The monoisotopic (exact) mass is 129 g/mol. The molecule has 54 valence electrons. The molecular weight excluding hydrogens is 114 g/mol. The van der Waals surface area contributed by atoms with Gasteiger partial charge in [-0.05, 0) is 20.5 Å². The van der Waals surface area contributed by atoms with Gasteiger partial charge in [0.2, 0.25) is 0 Å². The molecule has 2 nitrogen and oxygen atoms in total. The second-order valence-electron chi connectivity index (χ2n) is 2.97. The van der Waals surface area contributed by atoms with Gasteiger partial charge in [0.05, 0.1) is 18.8 Å². The standard InChI is InChI=1S/C7H15NO/c1-4-7(8(2)3)5-9-6-7/h4-6H2,1-3H3. The lowest BCUT2D eigenvalue weighted by atomic mass is 9.93. The maximum atomic E-state index is 5.15. The van der Waals surface area contributed by atoms with Crippen LogP contribution in [0.15, 0.2) is 0 Å². The lowest BCUT2D eigenvalue weighted by Gasteiger charge is -2.46. The maximum Gasteiger partial charge on any atom is 0.0673 e. The molecule has 1 aliphatic rings. The normalized spacial score (nSPS) is 24.0. The Morgan fingerprint density at radius 1 is 1.44 bits per heavy atom. The van der Waals surface area contributed by atoms with Crippen molar-refractivity contribution < 1.29 is 4.74 Å². The van der Waals surface area contributed by atoms with Crippen molar-refractivity contribution in [3.8, 4) is 0 Å². The maximum absolute atomic E-state index is 5.15. The number of hydrogen-bond donors (Lipinski definition) is 0. The summed E-state index contributed by atoms with van der Waals surface area (Å²) in [5, 5.41) is 0. The van der Waals surface area contributed by atoms with E-state index in [2.05, 4.69) is 25.9 Å². The first-order valence-corrected chi connectivity index (χ1v) is 3.46. The van der Waals surface area contributed by atoms with Crippen LogP contribution in [0, 0.1) is 0 Å². The largest absolute Gasteiger partial charge is 0.377 e. The zero-order valence-electron chi connectivity index (χ0n) is 6.48. The molecular formula is C7H15NO. The number of rotatable bonds is 2. The predicted octanol–water partition coefficient (Wildman–Crippen LogP) is 0.727. The molecule has 0 aliphatic carbocycles. The van der Waals surface area contributed by atoms with Gasteiger partial charge in [0, 0.05) is 0 Å². The molecule has 1 saturated heterocycles. The summed E-state index contributed by atoms with van der Waals surface area (Å²) >= 11 is 0. The predicted molar refractivity (Wildman–Crippen MR) is 37.5 cm³/mol. The third-order valence-electron chi connectivity index (χ3n) is 2.35. The van der Waals surface area contributed by atoms with Gasteiger partial charge in [-0.25, -0.2) is 0 Å². The van der Waals surface area contributed by atoms with E-state index in [1.54, 1.807) is 0 Å². The number of likely N-dealkylation sites (N-methyl/N-ethyl adjacent to an activating group) is 1. The molecule has 0 amide bonds. The van der Waals surface area contributed by atoms with E-state index in [1.165, 1.54) is 6.42 Å². The van der Waals surface area contributed by atoms with Crippen molar-refractivity contribution in [1.82, 2.24) is 4.90 Å². The van der Waals surface area contributed by atoms with Crippen molar-refractivity contribution in [2.75, 3.05) is 27.3 Å². The molecule has 0 aromatic heterocycles. The fourth-order valence-corrected chi connectivity index (χ4v) is 1.12. The van der Waals surface area contributed by atoms with E-state index in [0.29, 0.717) is 5.54 Å². The minimum absolute atomic E-state index is 0.375. The Morgan fingerprint density at radius 2 is 2.00 bits per heavy atom. The van der Waals surface area contributed by atoms with Gasteiger partial charge in [-0.3, -0.25) is 4.90 Å². The Morgan fingerprint density at radius 3 is 2.00 bits per heavy atom. The molecule has 1 fully saturated rings. The Hall–Kier alpha value is -0.0800. The molecule has 0 radical (unpaired) electrons. The highest BCUT2D eigenvalue weighted by molar-refractivity contribution is 4.92. The summed E-state index contributed by atoms with van der Waals surface area (Å²) in [6, 6.07) is 0. The van der Waals surface area contributed by atoms with Gasteiger partial charge in [0.1, 0.15) is 0 Å². The molecule has 0 atom stereocenters. The molecule has 1 rings (SSSR count). The minimum atomic E-state index is 0.375. The van der Waals surface area contributed by atoms with E-state index in [4.69, 9.17) is 4.74 Å². The van der Waals surface area contributed by atoms with Gasteiger partial charge in [-0.2, -0.15) is 0 Å². The highest BCUT2D eigenvalue weighted by atomic mass is 16.5. The van der Waals surface area contributed by atoms with E-state index in [9.17, 15) is 0 Å². The summed E-state index contributed by atoms with van der Waals surface area (Å²) in [6.07, 6.45) is 1.19. The van der Waals surface area contributed by atoms with Gasteiger partial charge in [0.25, 0.3) is 0 Å². The first-order chi connectivity index (χ1) is 4.21. The molecule has 1 aliphatic heterocycles. The molecule has 9 heavy (non-hydrogen) atoms. The quantitative estimate of drug-likeness (QED) is 0.545. The SMILES string of the molecule is CCC1(N(C)C)COC1. The number of nitrogens with zero attached hydrogens (tertiary/aromatic N) is 1. The summed E-state index contributed by atoms with van der Waals surface area (Å²) in [7, 11) is 4.23. The summed E-state index contributed by atoms with van der Waals surface area (Å²) in [4.78, 5) is 2.26. The van der Waals surface area contributed by atoms with Gasteiger partial charge in [0.15, 0.2) is 0 Å². The smallest absolute Gasteiger partial charge is 0.0673 e. The molecule has 0 bridgehead atoms. The van der Waals surface area contributed by atoms with Crippen LogP contribution in [-0.2, 0) is 4.74 Å². The van der Waals surface area contributed by atoms with Gasteiger partial charge < -0.3 is 4.74 Å². The average Bonchev–Trinajstić information content (AvgIpc) is 1.62. The third kappa shape index (κ3) is 0.970. The fourth-order valence-electron chi connectivity index (χ4n) is 1.12. The van der Waals surface area contributed by atoms with Crippen molar-refractivity contribution in [2.45, 2.75) is 18.9 Å². The van der Waals surface area contributed by atoms with Crippen molar-refractivity contribution in [1.29, 1.82) is 0 Å². The molecule has 2 heteroatoms. The number of hydrogen-bond acceptors (Lipinski definition) is 2. The van der Waals surface area contributed by atoms with Crippen molar-refractivity contribution in [2.24, 2.45) is 0 Å². The van der Waals surface area contributed by atoms with Crippen LogP contribution >= 0.6 is 0 Å². The third-order valence-corrected chi connectivity index (χ3v) is 2.35. The zero-order chi connectivity index (χ0) is 6.91. The topological polar surface area (TPSA) is 12.5 Å². The molecule has 0 aromatic rings. The van der Waals surface area contributed by atoms with Gasteiger partial charge in [-0.1, -0.05) is 6.92 Å². The van der Waals surface area contributed by atoms with Crippen LogP contribution < -0.4 is 0 Å². The van der Waals surface area contributed by atoms with Crippen molar-refractivity contribution >= 4 is 0 Å². The van der Waals surface area contributed by atoms with E-state index in [0.717, 1.165) is 13.2 Å². The Labute approximate surface area is 56.8 Å². The average molecular weight is 129 g/mol. The van der Waals surface area contributed by atoms with Crippen LogP contribution in [0.4, 0.5) is 0 Å². The summed E-state index contributed by atoms with van der Waals surface area (Å²) in [5.74, 6) is 0. The first-order valence-electron chi connectivity index (χ1n) is 3.46. The summed E-state index contributed by atoms with van der Waals surface area (Å²) in [5.41, 5.74) is 0.375. The molecule has 0 saturated carbocycles. The highest BCUT2D eigenvalue weighted by Gasteiger charge is 2.38. The fraction of sp³-hybridized carbons (Fsp3) is 1.00. The van der Waals surface area contributed by atoms with E-state index < -0.39 is 0 Å². The van der Waals surface area contributed by atoms with E-state index >= 15 is 0 Å². The van der Waals surface area contributed by atoms with Crippen molar-refractivity contribution in [3.63, 3.8) is 0 Å². The zero-order valence-corrected chi connectivity index (χ0v) is 6.48. The van der Waals surface area contributed by atoms with E-state index in [-0.39, 0.29) is 0 Å². The van der Waals surface area contributed by atoms with Gasteiger partial charge >= 0.3 is 0 Å². The minimum Gasteiger partial charge on any atom is -0.377 e. The molecule has 0 unspecified atom stereocenters. The van der Waals surface area contributed by atoms with Gasteiger partial charge in [-0.15, -0.1) is 0 Å². The van der Waals surface area contributed by atoms with Crippen LogP contribution in [0.1, 0.15) is 13.3 Å². The van der Waals surface area contributed by atoms with Crippen molar-refractivity contribution in [3.05, 3.63) is 0 Å². The first kappa shape index (κ1) is 7.03. The van der Waals surface area contributed by atoms with E-state index in [1.807, 2.05) is 0 Å². The second kappa shape index (κ2) is 2.27. The Balaban J connectivity index is 2.46. The van der Waals surface area contributed by atoms with Crippen LogP contribution in [-0.4, -0.2) is 37.7 Å². The molecule has 1 heterocycles. The van der Waals surface area contributed by atoms with Crippen LogP contribution in [0.5, 0.6) is 0 Å². The lowest BCUT2D eigenvalue weighted by Crippen LogP contribution is -2.59. The second-order valence-corrected chi connectivity index (χ2v) is 2.97. The van der Waals surface area contributed by atoms with Crippen LogP contribution in [0.25, 0.3) is 0 Å².